The van der Waals surface area contributed by atoms with Crippen molar-refractivity contribution >= 4 is 0 Å². The van der Waals surface area contributed by atoms with Gasteiger partial charge in [0.2, 0.25) is 0 Å². The summed E-state index contributed by atoms with van der Waals surface area (Å²) in [5.41, 5.74) is 0. The van der Waals surface area contributed by atoms with Gasteiger partial charge in [0.25, 0.3) is 0 Å². The molecule has 0 aliphatic rings. The van der Waals surface area contributed by atoms with Crippen molar-refractivity contribution in [3.05, 3.63) is 12.2 Å². The lowest BCUT2D eigenvalue weighted by Crippen LogP contribution is -2.22. The van der Waals surface area contributed by atoms with Gasteiger partial charge in [0.05, 0.1) is 6.54 Å². The first-order valence-corrected chi connectivity index (χ1v) is 4.73. The molecule has 0 saturated heterocycles. The summed E-state index contributed by atoms with van der Waals surface area (Å²) in [5, 5.41) is 7.60. The molecule has 0 aromatic carbocycles. The quantitative estimate of drug-likeness (QED) is 0.764. The molecular weight excluding hydrogens is 164 g/mol. The molecule has 1 aromatic rings. The minimum atomic E-state index is 0.389. The second-order valence-corrected chi connectivity index (χ2v) is 3.77. The Bertz CT molecular complexity index is 252. The lowest BCUT2D eigenvalue weighted by atomic mass is 10.4. The summed E-state index contributed by atoms with van der Waals surface area (Å²) in [6.45, 7) is 9.15. The van der Waals surface area contributed by atoms with E-state index in [-0.39, 0.29) is 0 Å². The monoisotopic (exact) mass is 182 g/mol. The standard InChI is InChI=1S/C9H18N4/c1-7(2)10-5-9-11-6-13(12-9)8(3)4/h6-8,10H,5H2,1-4H3. The number of hydrogen-bond donors (Lipinski definition) is 1. The molecule has 74 valence electrons. The third-order valence-corrected chi connectivity index (χ3v) is 1.75. The van der Waals surface area contributed by atoms with Gasteiger partial charge >= 0.3 is 0 Å². The van der Waals surface area contributed by atoms with Gasteiger partial charge < -0.3 is 5.32 Å². The highest BCUT2D eigenvalue weighted by atomic mass is 15.3. The van der Waals surface area contributed by atoms with E-state index >= 15 is 0 Å². The van der Waals surface area contributed by atoms with Crippen molar-refractivity contribution in [2.75, 3.05) is 0 Å². The Balaban J connectivity index is 2.49. The summed E-state index contributed by atoms with van der Waals surface area (Å²) >= 11 is 0. The Morgan fingerprint density at radius 1 is 1.38 bits per heavy atom. The molecule has 1 rings (SSSR count). The number of hydrogen-bond acceptors (Lipinski definition) is 3. The first-order valence-electron chi connectivity index (χ1n) is 4.73. The largest absolute Gasteiger partial charge is 0.308 e. The van der Waals surface area contributed by atoms with Gasteiger partial charge in [-0.05, 0) is 13.8 Å². The molecule has 0 aliphatic carbocycles. The van der Waals surface area contributed by atoms with Crippen LogP contribution in [0.5, 0.6) is 0 Å². The van der Waals surface area contributed by atoms with E-state index in [1.807, 2.05) is 4.68 Å². The molecule has 1 heterocycles. The van der Waals surface area contributed by atoms with E-state index in [1.165, 1.54) is 0 Å². The van der Waals surface area contributed by atoms with Crippen LogP contribution in [0.25, 0.3) is 0 Å². The zero-order valence-electron chi connectivity index (χ0n) is 8.78. The van der Waals surface area contributed by atoms with E-state index in [0.717, 1.165) is 12.4 Å². The average molecular weight is 182 g/mol. The van der Waals surface area contributed by atoms with Gasteiger partial charge in [0.1, 0.15) is 6.33 Å². The third kappa shape index (κ3) is 3.14. The Morgan fingerprint density at radius 3 is 2.54 bits per heavy atom. The van der Waals surface area contributed by atoms with Crippen molar-refractivity contribution in [2.45, 2.75) is 46.3 Å². The highest BCUT2D eigenvalue weighted by Gasteiger charge is 2.03. The topological polar surface area (TPSA) is 42.7 Å². The summed E-state index contributed by atoms with van der Waals surface area (Å²) in [4.78, 5) is 4.20. The molecule has 4 nitrogen and oxygen atoms in total. The first-order chi connectivity index (χ1) is 6.09. The third-order valence-electron chi connectivity index (χ3n) is 1.75. The molecule has 0 radical (unpaired) electrons. The van der Waals surface area contributed by atoms with Crippen molar-refractivity contribution in [1.29, 1.82) is 0 Å². The molecule has 13 heavy (non-hydrogen) atoms. The van der Waals surface area contributed by atoms with Gasteiger partial charge in [-0.15, -0.1) is 0 Å². The molecule has 0 amide bonds. The minimum absolute atomic E-state index is 0.389. The summed E-state index contributed by atoms with van der Waals surface area (Å²) < 4.78 is 1.87. The average Bonchev–Trinajstić information content (AvgIpc) is 2.48. The molecule has 4 heteroatoms. The van der Waals surface area contributed by atoms with Crippen LogP contribution in [-0.2, 0) is 6.54 Å². The zero-order valence-corrected chi connectivity index (χ0v) is 8.78. The predicted octanol–water partition coefficient (Wildman–Crippen LogP) is 1.36. The fourth-order valence-electron chi connectivity index (χ4n) is 0.936. The predicted molar refractivity (Wildman–Crippen MR) is 52.4 cm³/mol. The van der Waals surface area contributed by atoms with Crippen LogP contribution in [0.15, 0.2) is 6.33 Å². The van der Waals surface area contributed by atoms with Crippen LogP contribution >= 0.6 is 0 Å². The normalized spacial score (nSPS) is 11.5. The molecule has 0 bridgehead atoms. The Kier molecular flexibility index (Phi) is 3.42. The zero-order chi connectivity index (χ0) is 9.84. The van der Waals surface area contributed by atoms with E-state index in [0.29, 0.717) is 12.1 Å². The maximum absolute atomic E-state index is 4.32. The molecule has 0 saturated carbocycles. The van der Waals surface area contributed by atoms with E-state index in [9.17, 15) is 0 Å². The van der Waals surface area contributed by atoms with Gasteiger partial charge in [-0.25, -0.2) is 4.98 Å². The van der Waals surface area contributed by atoms with Crippen LogP contribution in [0.4, 0.5) is 0 Å². The Labute approximate surface area is 79.4 Å². The molecule has 0 fully saturated rings. The molecule has 1 N–H and O–H groups in total. The van der Waals surface area contributed by atoms with Crippen molar-refractivity contribution in [2.24, 2.45) is 0 Å². The summed E-state index contributed by atoms with van der Waals surface area (Å²) in [6, 6.07) is 0.867. The fourth-order valence-corrected chi connectivity index (χ4v) is 0.936. The van der Waals surface area contributed by atoms with E-state index in [2.05, 4.69) is 43.1 Å². The highest BCUT2D eigenvalue weighted by molar-refractivity contribution is 4.82. The highest BCUT2D eigenvalue weighted by Crippen LogP contribution is 2.00. The van der Waals surface area contributed by atoms with Crippen LogP contribution in [0.3, 0.4) is 0 Å². The minimum Gasteiger partial charge on any atom is -0.308 e. The molecule has 0 atom stereocenters. The summed E-state index contributed by atoms with van der Waals surface area (Å²) in [6.07, 6.45) is 1.78. The van der Waals surface area contributed by atoms with E-state index in [1.54, 1.807) is 6.33 Å². The number of nitrogens with zero attached hydrogens (tertiary/aromatic N) is 3. The van der Waals surface area contributed by atoms with Gasteiger partial charge in [0.15, 0.2) is 5.82 Å². The van der Waals surface area contributed by atoms with Crippen LogP contribution in [0.2, 0.25) is 0 Å². The van der Waals surface area contributed by atoms with Crippen molar-refractivity contribution in [3.8, 4) is 0 Å². The molecule has 1 aromatic heterocycles. The van der Waals surface area contributed by atoms with Crippen LogP contribution in [0.1, 0.15) is 39.6 Å². The Hall–Kier alpha value is -0.900. The second kappa shape index (κ2) is 4.37. The SMILES string of the molecule is CC(C)NCc1ncn(C(C)C)n1. The second-order valence-electron chi connectivity index (χ2n) is 3.77. The maximum atomic E-state index is 4.32. The first kappa shape index (κ1) is 10.2. The van der Waals surface area contributed by atoms with Crippen molar-refractivity contribution < 1.29 is 0 Å². The van der Waals surface area contributed by atoms with Crippen LogP contribution in [0, 0.1) is 0 Å². The molecule has 0 spiro atoms. The lowest BCUT2D eigenvalue weighted by molar-refractivity contribution is 0.514. The van der Waals surface area contributed by atoms with Crippen LogP contribution in [-0.4, -0.2) is 20.8 Å². The molecule has 0 unspecified atom stereocenters. The van der Waals surface area contributed by atoms with E-state index in [4.69, 9.17) is 0 Å². The summed E-state index contributed by atoms with van der Waals surface area (Å²) in [5.74, 6) is 0.863. The van der Waals surface area contributed by atoms with Crippen molar-refractivity contribution in [3.63, 3.8) is 0 Å². The van der Waals surface area contributed by atoms with E-state index < -0.39 is 0 Å². The Morgan fingerprint density at radius 2 is 2.08 bits per heavy atom. The summed E-state index contributed by atoms with van der Waals surface area (Å²) in [7, 11) is 0. The van der Waals surface area contributed by atoms with Crippen molar-refractivity contribution in [1.82, 2.24) is 20.1 Å². The van der Waals surface area contributed by atoms with Crippen LogP contribution < -0.4 is 5.32 Å². The smallest absolute Gasteiger partial charge is 0.164 e. The van der Waals surface area contributed by atoms with Gasteiger partial charge in [-0.2, -0.15) is 5.10 Å². The number of rotatable bonds is 4. The number of nitrogens with one attached hydrogen (secondary N) is 1. The van der Waals surface area contributed by atoms with Gasteiger partial charge in [0, 0.05) is 12.1 Å². The molecular formula is C9H18N4. The number of aromatic nitrogens is 3. The maximum Gasteiger partial charge on any atom is 0.164 e. The molecule has 0 aliphatic heterocycles. The van der Waals surface area contributed by atoms with Gasteiger partial charge in [-0.3, -0.25) is 4.68 Å². The lowest BCUT2D eigenvalue weighted by Gasteiger charge is -2.05. The fraction of sp³-hybridized carbons (Fsp3) is 0.778. The van der Waals surface area contributed by atoms with Gasteiger partial charge in [-0.1, -0.05) is 13.8 Å².